The quantitative estimate of drug-likeness (QED) is 0.807. The minimum absolute atomic E-state index is 0.0537. The predicted molar refractivity (Wildman–Crippen MR) is 88.1 cm³/mol. The number of hydrogen-bond acceptors (Lipinski definition) is 5. The third kappa shape index (κ3) is 4.05. The van der Waals surface area contributed by atoms with Crippen LogP contribution >= 0.6 is 0 Å². The molecule has 2 atom stereocenters. The Morgan fingerprint density at radius 3 is 2.67 bits per heavy atom. The lowest BCUT2D eigenvalue weighted by atomic mass is 10.0. The van der Waals surface area contributed by atoms with Crippen molar-refractivity contribution in [1.82, 2.24) is 9.80 Å². The zero-order valence-corrected chi connectivity index (χ0v) is 14.0. The first-order valence-electron chi connectivity index (χ1n) is 8.94. The van der Waals surface area contributed by atoms with Crippen molar-refractivity contribution in [3.63, 3.8) is 0 Å². The molecule has 0 aromatic carbocycles. The van der Waals surface area contributed by atoms with E-state index in [0.29, 0.717) is 38.1 Å². The van der Waals surface area contributed by atoms with Crippen LogP contribution in [0.25, 0.3) is 0 Å². The number of amides is 2. The summed E-state index contributed by atoms with van der Waals surface area (Å²) in [6.45, 7) is 2.10. The van der Waals surface area contributed by atoms with Crippen LogP contribution in [0.1, 0.15) is 56.8 Å². The summed E-state index contributed by atoms with van der Waals surface area (Å²) in [5.41, 5.74) is 0. The fraction of sp³-hybridized carbons (Fsp3) is 0.667. The maximum Gasteiger partial charge on any atom is 0.229 e. The number of carbonyl (C=O) groups is 2. The molecule has 2 fully saturated rings. The van der Waals surface area contributed by atoms with E-state index in [1.54, 1.807) is 18.4 Å². The van der Waals surface area contributed by atoms with Crippen LogP contribution < -0.4 is 0 Å². The van der Waals surface area contributed by atoms with Crippen molar-refractivity contribution >= 4 is 11.8 Å². The average Bonchev–Trinajstić information content (AvgIpc) is 3.15. The Hall–Kier alpha value is -1.66. The number of imide groups is 1. The molecule has 3 heterocycles. The molecule has 24 heavy (non-hydrogen) atoms. The molecular weight excluding hydrogens is 308 g/mol. The molecule has 0 aliphatic carbocycles. The number of carbonyl (C=O) groups excluding carboxylic acids is 2. The first-order valence-corrected chi connectivity index (χ1v) is 8.94. The second-order valence-corrected chi connectivity index (χ2v) is 6.75. The molecule has 2 aliphatic rings. The van der Waals surface area contributed by atoms with Gasteiger partial charge in [0.2, 0.25) is 11.8 Å². The Labute approximate surface area is 142 Å². The first kappa shape index (κ1) is 17.2. The van der Waals surface area contributed by atoms with Crippen LogP contribution in [0, 0.1) is 0 Å². The van der Waals surface area contributed by atoms with Crippen molar-refractivity contribution < 1.29 is 19.1 Å². The van der Waals surface area contributed by atoms with E-state index in [1.165, 1.54) is 11.3 Å². The van der Waals surface area contributed by atoms with Crippen molar-refractivity contribution in [3.8, 4) is 0 Å². The van der Waals surface area contributed by atoms with Crippen molar-refractivity contribution in [2.24, 2.45) is 0 Å². The molecule has 3 rings (SSSR count). The highest BCUT2D eigenvalue weighted by atomic mass is 16.4. The van der Waals surface area contributed by atoms with E-state index < -0.39 is 6.10 Å². The molecule has 2 aliphatic heterocycles. The summed E-state index contributed by atoms with van der Waals surface area (Å²) in [6, 6.07) is 3.83. The minimum atomic E-state index is -0.611. The van der Waals surface area contributed by atoms with Crippen LogP contribution in [0.2, 0.25) is 0 Å². The molecule has 1 N–H and O–H groups in total. The topological polar surface area (TPSA) is 74.0 Å². The van der Waals surface area contributed by atoms with Gasteiger partial charge in [-0.05, 0) is 37.9 Å². The van der Waals surface area contributed by atoms with Gasteiger partial charge in [-0.1, -0.05) is 12.8 Å². The highest BCUT2D eigenvalue weighted by Gasteiger charge is 2.30. The van der Waals surface area contributed by atoms with E-state index in [1.807, 2.05) is 0 Å². The summed E-state index contributed by atoms with van der Waals surface area (Å²) < 4.78 is 5.31. The van der Waals surface area contributed by atoms with Gasteiger partial charge in [-0.25, -0.2) is 0 Å². The molecule has 6 nitrogen and oxygen atoms in total. The molecule has 0 spiro atoms. The molecule has 1 aromatic heterocycles. The number of nitrogens with zero attached hydrogens (tertiary/aromatic N) is 2. The van der Waals surface area contributed by atoms with Crippen molar-refractivity contribution in [2.75, 3.05) is 19.6 Å². The van der Waals surface area contributed by atoms with E-state index in [4.69, 9.17) is 4.42 Å². The average molecular weight is 334 g/mol. The maximum absolute atomic E-state index is 11.8. The van der Waals surface area contributed by atoms with Crippen LogP contribution in [0.3, 0.4) is 0 Å². The van der Waals surface area contributed by atoms with E-state index >= 15 is 0 Å². The Kier molecular flexibility index (Phi) is 5.68. The minimum Gasteiger partial charge on any atom is -0.467 e. The molecule has 2 saturated heterocycles. The zero-order chi connectivity index (χ0) is 16.9. The van der Waals surface area contributed by atoms with Crippen LogP contribution in [-0.2, 0) is 9.59 Å². The van der Waals surface area contributed by atoms with Gasteiger partial charge in [-0.3, -0.25) is 19.4 Å². The molecule has 6 heteroatoms. The second-order valence-electron chi connectivity index (χ2n) is 6.75. The number of hydrogen-bond donors (Lipinski definition) is 1. The van der Waals surface area contributed by atoms with E-state index in [-0.39, 0.29) is 17.9 Å². The number of aliphatic hydroxyl groups excluding tert-OH is 1. The summed E-state index contributed by atoms with van der Waals surface area (Å²) in [7, 11) is 0. The summed E-state index contributed by atoms with van der Waals surface area (Å²) in [5.74, 6) is 0.494. The highest BCUT2D eigenvalue weighted by molar-refractivity contribution is 6.01. The fourth-order valence-corrected chi connectivity index (χ4v) is 3.75. The Bertz CT molecular complexity index is 541. The van der Waals surface area contributed by atoms with Crippen LogP contribution in [0.15, 0.2) is 22.8 Å². The Morgan fingerprint density at radius 1 is 1.17 bits per heavy atom. The molecular formula is C18H26N2O4. The molecule has 132 valence electrons. The van der Waals surface area contributed by atoms with E-state index in [0.717, 1.165) is 25.8 Å². The number of likely N-dealkylation sites (tertiary alicyclic amines) is 2. The first-order chi connectivity index (χ1) is 11.6. The predicted octanol–water partition coefficient (Wildman–Crippen LogP) is 2.10. The molecule has 2 unspecified atom stereocenters. The van der Waals surface area contributed by atoms with Gasteiger partial charge in [0.25, 0.3) is 0 Å². The van der Waals surface area contributed by atoms with Crippen molar-refractivity contribution in [3.05, 3.63) is 24.2 Å². The van der Waals surface area contributed by atoms with Gasteiger partial charge in [-0.15, -0.1) is 0 Å². The monoisotopic (exact) mass is 334 g/mol. The summed E-state index contributed by atoms with van der Waals surface area (Å²) >= 11 is 0. The van der Waals surface area contributed by atoms with E-state index in [2.05, 4.69) is 4.90 Å². The van der Waals surface area contributed by atoms with Gasteiger partial charge in [0.15, 0.2) is 0 Å². The number of rotatable bonds is 6. The maximum atomic E-state index is 11.8. The van der Waals surface area contributed by atoms with Gasteiger partial charge in [-0.2, -0.15) is 0 Å². The van der Waals surface area contributed by atoms with Gasteiger partial charge < -0.3 is 9.52 Å². The highest BCUT2D eigenvalue weighted by Crippen LogP contribution is 2.26. The largest absolute Gasteiger partial charge is 0.467 e. The number of furan rings is 1. The SMILES string of the molecule is O=C1CCC(=O)N1CCN1CCCCCC1CC(O)c1ccco1. The molecule has 0 radical (unpaired) electrons. The Morgan fingerprint density at radius 2 is 1.96 bits per heavy atom. The molecule has 2 amide bonds. The summed E-state index contributed by atoms with van der Waals surface area (Å²) in [5, 5.41) is 10.4. The normalized spacial score (nSPS) is 24.4. The lowest BCUT2D eigenvalue weighted by molar-refractivity contribution is -0.138. The van der Waals surface area contributed by atoms with Gasteiger partial charge in [0.05, 0.1) is 6.26 Å². The molecule has 0 saturated carbocycles. The van der Waals surface area contributed by atoms with Crippen LogP contribution in [0.4, 0.5) is 0 Å². The van der Waals surface area contributed by atoms with Gasteiger partial charge in [0, 0.05) is 32.0 Å². The standard InChI is InChI=1S/C18H26N2O4/c21-15(16-6-4-12-24-16)13-14-5-2-1-3-9-19(14)10-11-20-17(22)7-8-18(20)23/h4,6,12,14-15,21H,1-3,5,7-11,13H2. The number of aliphatic hydroxyl groups is 1. The zero-order valence-electron chi connectivity index (χ0n) is 14.0. The Balaban J connectivity index is 1.59. The second kappa shape index (κ2) is 7.94. The summed E-state index contributed by atoms with van der Waals surface area (Å²) in [4.78, 5) is 27.3. The van der Waals surface area contributed by atoms with Gasteiger partial charge in [0.1, 0.15) is 11.9 Å². The van der Waals surface area contributed by atoms with Crippen molar-refractivity contribution in [2.45, 2.75) is 57.1 Å². The van der Waals surface area contributed by atoms with Gasteiger partial charge >= 0.3 is 0 Å². The lowest BCUT2D eigenvalue weighted by Crippen LogP contribution is -2.43. The fourth-order valence-electron chi connectivity index (χ4n) is 3.75. The van der Waals surface area contributed by atoms with Crippen LogP contribution in [-0.4, -0.2) is 52.4 Å². The molecule has 1 aromatic rings. The smallest absolute Gasteiger partial charge is 0.229 e. The lowest BCUT2D eigenvalue weighted by Gasteiger charge is -2.32. The molecule has 0 bridgehead atoms. The third-order valence-electron chi connectivity index (χ3n) is 5.13. The third-order valence-corrected chi connectivity index (χ3v) is 5.13. The van der Waals surface area contributed by atoms with Crippen LogP contribution in [0.5, 0.6) is 0 Å². The van der Waals surface area contributed by atoms with E-state index in [9.17, 15) is 14.7 Å². The summed E-state index contributed by atoms with van der Waals surface area (Å²) in [6.07, 6.45) is 6.76. The van der Waals surface area contributed by atoms with Crippen molar-refractivity contribution in [1.29, 1.82) is 0 Å².